The third-order valence-electron chi connectivity index (χ3n) is 2.52. The standard InChI is InChI=1S/C13H30O3Si2/c1-9-10-13(2,11-15-17(3,4)5)12(14)16-18(6,7)8/h9-11H2,1-8H3. The molecular weight excluding hydrogens is 260 g/mol. The molecule has 0 N–H and O–H groups in total. The summed E-state index contributed by atoms with van der Waals surface area (Å²) in [6, 6.07) is 0. The lowest BCUT2D eigenvalue weighted by Crippen LogP contribution is -2.43. The maximum Gasteiger partial charge on any atom is 0.300 e. The third-order valence-corrected chi connectivity index (χ3v) is 4.33. The van der Waals surface area contributed by atoms with Crippen molar-refractivity contribution >= 4 is 22.6 Å². The number of carbonyl (C=O) groups excluding carboxylic acids is 1. The van der Waals surface area contributed by atoms with Gasteiger partial charge in [-0.3, -0.25) is 4.79 Å². The summed E-state index contributed by atoms with van der Waals surface area (Å²) in [6.07, 6.45) is 1.78. The van der Waals surface area contributed by atoms with Crippen LogP contribution in [0.2, 0.25) is 39.3 Å². The Balaban J connectivity index is 4.75. The predicted molar refractivity (Wildman–Crippen MR) is 81.8 cm³/mol. The maximum absolute atomic E-state index is 12.3. The van der Waals surface area contributed by atoms with Crippen LogP contribution in [0, 0.1) is 5.41 Å². The molecule has 0 saturated heterocycles. The van der Waals surface area contributed by atoms with E-state index in [0.29, 0.717) is 6.61 Å². The van der Waals surface area contributed by atoms with Crippen molar-refractivity contribution in [2.45, 2.75) is 66.0 Å². The molecule has 5 heteroatoms. The number of hydrogen-bond acceptors (Lipinski definition) is 3. The molecule has 0 aromatic heterocycles. The van der Waals surface area contributed by atoms with Crippen LogP contribution in [0.3, 0.4) is 0 Å². The van der Waals surface area contributed by atoms with Crippen molar-refractivity contribution in [3.63, 3.8) is 0 Å². The van der Waals surface area contributed by atoms with E-state index in [-0.39, 0.29) is 5.97 Å². The van der Waals surface area contributed by atoms with Gasteiger partial charge in [0.15, 0.2) is 8.32 Å². The first-order chi connectivity index (χ1) is 7.90. The molecule has 0 radical (unpaired) electrons. The van der Waals surface area contributed by atoms with Gasteiger partial charge in [-0.05, 0) is 52.6 Å². The summed E-state index contributed by atoms with van der Waals surface area (Å²) in [5, 5.41) is 0. The molecule has 0 saturated carbocycles. The highest BCUT2D eigenvalue weighted by Crippen LogP contribution is 2.28. The average Bonchev–Trinajstić information content (AvgIpc) is 2.11. The molecule has 1 unspecified atom stereocenters. The summed E-state index contributed by atoms with van der Waals surface area (Å²) in [7, 11) is -3.42. The molecule has 0 spiro atoms. The molecule has 0 aliphatic heterocycles. The highest BCUT2D eigenvalue weighted by Gasteiger charge is 2.38. The molecule has 3 nitrogen and oxygen atoms in total. The normalized spacial score (nSPS) is 16.2. The Bertz CT molecular complexity index is 279. The van der Waals surface area contributed by atoms with Crippen LogP contribution < -0.4 is 0 Å². The van der Waals surface area contributed by atoms with Crippen molar-refractivity contribution < 1.29 is 13.6 Å². The monoisotopic (exact) mass is 290 g/mol. The van der Waals surface area contributed by atoms with Gasteiger partial charge in [-0.1, -0.05) is 13.3 Å². The first-order valence-corrected chi connectivity index (χ1v) is 13.6. The van der Waals surface area contributed by atoms with Crippen LogP contribution in [-0.2, 0) is 13.6 Å². The van der Waals surface area contributed by atoms with E-state index in [2.05, 4.69) is 26.6 Å². The van der Waals surface area contributed by atoms with E-state index in [1.165, 1.54) is 0 Å². The van der Waals surface area contributed by atoms with Gasteiger partial charge in [-0.15, -0.1) is 0 Å². The van der Waals surface area contributed by atoms with Crippen molar-refractivity contribution in [3.8, 4) is 0 Å². The molecule has 0 aromatic rings. The fourth-order valence-corrected chi connectivity index (χ4v) is 3.12. The quantitative estimate of drug-likeness (QED) is 0.664. The minimum atomic E-state index is -1.83. The number of carbonyl (C=O) groups is 1. The molecule has 0 bridgehead atoms. The molecule has 0 aliphatic rings. The SMILES string of the molecule is CCCC(C)(CO[Si](C)(C)C)C(=O)O[Si](C)(C)C. The molecule has 0 rings (SSSR count). The molecule has 0 fully saturated rings. The van der Waals surface area contributed by atoms with Gasteiger partial charge in [0.2, 0.25) is 8.32 Å². The summed E-state index contributed by atoms with van der Waals surface area (Å²) in [4.78, 5) is 12.3. The molecular formula is C13H30O3Si2. The van der Waals surface area contributed by atoms with Crippen LogP contribution in [0.5, 0.6) is 0 Å². The van der Waals surface area contributed by atoms with Gasteiger partial charge < -0.3 is 8.85 Å². The van der Waals surface area contributed by atoms with Crippen LogP contribution >= 0.6 is 0 Å². The average molecular weight is 291 g/mol. The van der Waals surface area contributed by atoms with Gasteiger partial charge in [-0.25, -0.2) is 0 Å². The van der Waals surface area contributed by atoms with Gasteiger partial charge in [-0.2, -0.15) is 0 Å². The second-order valence-electron chi connectivity index (χ2n) is 7.21. The van der Waals surface area contributed by atoms with E-state index in [1.54, 1.807) is 0 Å². The van der Waals surface area contributed by atoms with Crippen molar-refractivity contribution in [3.05, 3.63) is 0 Å². The van der Waals surface area contributed by atoms with E-state index < -0.39 is 22.0 Å². The number of hydrogen-bond donors (Lipinski definition) is 0. The summed E-state index contributed by atoms with van der Waals surface area (Å²) >= 11 is 0. The van der Waals surface area contributed by atoms with Crippen LogP contribution in [0.1, 0.15) is 26.7 Å². The molecule has 18 heavy (non-hydrogen) atoms. The highest BCUT2D eigenvalue weighted by molar-refractivity contribution is 6.71. The van der Waals surface area contributed by atoms with Crippen molar-refractivity contribution in [2.75, 3.05) is 6.61 Å². The van der Waals surface area contributed by atoms with E-state index >= 15 is 0 Å². The lowest BCUT2D eigenvalue weighted by atomic mass is 9.87. The molecule has 0 aliphatic carbocycles. The molecule has 0 heterocycles. The Morgan fingerprint density at radius 3 is 1.89 bits per heavy atom. The van der Waals surface area contributed by atoms with Crippen molar-refractivity contribution in [2.24, 2.45) is 5.41 Å². The van der Waals surface area contributed by atoms with Crippen LogP contribution in [-0.4, -0.2) is 29.2 Å². The molecule has 108 valence electrons. The molecule has 1 atom stereocenters. The van der Waals surface area contributed by atoms with Crippen molar-refractivity contribution in [1.29, 1.82) is 0 Å². The fraction of sp³-hybridized carbons (Fsp3) is 0.923. The largest absolute Gasteiger partial charge is 0.519 e. The van der Waals surface area contributed by atoms with Crippen LogP contribution in [0.15, 0.2) is 0 Å². The Labute approximate surface area is 115 Å². The van der Waals surface area contributed by atoms with Gasteiger partial charge in [0, 0.05) is 6.61 Å². The highest BCUT2D eigenvalue weighted by atomic mass is 28.4. The summed E-state index contributed by atoms with van der Waals surface area (Å²) in [5.74, 6) is -0.0817. The van der Waals surface area contributed by atoms with E-state index in [1.807, 2.05) is 26.6 Å². The van der Waals surface area contributed by atoms with Gasteiger partial charge in [0.1, 0.15) is 0 Å². The van der Waals surface area contributed by atoms with Crippen molar-refractivity contribution in [1.82, 2.24) is 0 Å². The van der Waals surface area contributed by atoms with E-state index in [9.17, 15) is 4.79 Å². The molecule has 0 aromatic carbocycles. The second-order valence-corrected chi connectivity index (χ2v) is 16.2. The first-order valence-electron chi connectivity index (χ1n) is 6.77. The summed E-state index contributed by atoms with van der Waals surface area (Å²) in [6.45, 7) is 17.1. The smallest absolute Gasteiger partial charge is 0.300 e. The molecule has 0 amide bonds. The lowest BCUT2D eigenvalue weighted by molar-refractivity contribution is -0.148. The Morgan fingerprint density at radius 2 is 1.56 bits per heavy atom. The summed E-state index contributed by atoms with van der Waals surface area (Å²) in [5.41, 5.74) is -0.491. The Hall–Kier alpha value is -0.136. The zero-order valence-electron chi connectivity index (χ0n) is 13.3. The predicted octanol–water partition coefficient (Wildman–Crippen LogP) is 4.02. The zero-order chi connectivity index (χ0) is 14.6. The van der Waals surface area contributed by atoms with Gasteiger partial charge in [0.05, 0.1) is 5.41 Å². The Morgan fingerprint density at radius 1 is 1.06 bits per heavy atom. The third kappa shape index (κ3) is 7.33. The lowest BCUT2D eigenvalue weighted by Gasteiger charge is -2.33. The summed E-state index contributed by atoms with van der Waals surface area (Å²) < 4.78 is 11.6. The van der Waals surface area contributed by atoms with E-state index in [0.717, 1.165) is 12.8 Å². The minimum Gasteiger partial charge on any atom is -0.519 e. The zero-order valence-corrected chi connectivity index (χ0v) is 15.3. The fourth-order valence-electron chi connectivity index (χ4n) is 1.56. The minimum absolute atomic E-state index is 0.0817. The Kier molecular flexibility index (Phi) is 6.30. The maximum atomic E-state index is 12.3. The van der Waals surface area contributed by atoms with Gasteiger partial charge >= 0.3 is 5.97 Å². The topological polar surface area (TPSA) is 35.5 Å². The van der Waals surface area contributed by atoms with Gasteiger partial charge in [0.25, 0.3) is 0 Å². The second kappa shape index (κ2) is 6.34. The number of rotatable bonds is 7. The first kappa shape index (κ1) is 17.9. The van der Waals surface area contributed by atoms with E-state index in [4.69, 9.17) is 8.85 Å². The van der Waals surface area contributed by atoms with Crippen LogP contribution in [0.4, 0.5) is 0 Å². The van der Waals surface area contributed by atoms with Crippen LogP contribution in [0.25, 0.3) is 0 Å².